The van der Waals surface area contributed by atoms with Crippen LogP contribution in [0.15, 0.2) is 40.8 Å². The lowest BCUT2D eigenvalue weighted by Gasteiger charge is -2.23. The van der Waals surface area contributed by atoms with Crippen LogP contribution in [-0.4, -0.2) is 44.6 Å². The Labute approximate surface area is 218 Å². The maximum atomic E-state index is 13.6. The molecule has 2 aromatic carbocycles. The van der Waals surface area contributed by atoms with Crippen LogP contribution in [0.5, 0.6) is 5.75 Å². The standard InChI is InChI=1S/C26H32I2NO3/c1-5-6-12-23-24(19-11-7-8-13-22(19)32-23)25(30)18-16-20(27)26(21(28)17-18)31-15-10-9-14-29(2,3)4/h7-8,11,13,16-17H,5-6,9-10,12,14-15H2,1-4H3/q+1. The highest BCUT2D eigenvalue weighted by molar-refractivity contribution is 14.1. The molecule has 1 heterocycles. The van der Waals surface area contributed by atoms with Crippen LogP contribution in [0.1, 0.15) is 54.3 Å². The van der Waals surface area contributed by atoms with Crippen molar-refractivity contribution in [2.75, 3.05) is 34.3 Å². The van der Waals surface area contributed by atoms with Gasteiger partial charge in [-0.25, -0.2) is 0 Å². The van der Waals surface area contributed by atoms with Crippen molar-refractivity contribution in [3.05, 3.63) is 60.4 Å². The maximum absolute atomic E-state index is 13.6. The van der Waals surface area contributed by atoms with Gasteiger partial charge in [-0.05, 0) is 82.6 Å². The average Bonchev–Trinajstić information content (AvgIpc) is 3.10. The lowest BCUT2D eigenvalue weighted by atomic mass is 9.98. The number of nitrogens with zero attached hydrogens (tertiary/aromatic N) is 1. The molecule has 0 saturated carbocycles. The highest BCUT2D eigenvalue weighted by atomic mass is 127. The Morgan fingerprint density at radius 3 is 2.38 bits per heavy atom. The highest BCUT2D eigenvalue weighted by Gasteiger charge is 2.23. The zero-order valence-corrected chi connectivity index (χ0v) is 23.7. The van der Waals surface area contributed by atoms with Gasteiger partial charge in [-0.2, -0.15) is 0 Å². The van der Waals surface area contributed by atoms with E-state index >= 15 is 0 Å². The van der Waals surface area contributed by atoms with Crippen molar-refractivity contribution in [1.29, 1.82) is 0 Å². The first-order chi connectivity index (χ1) is 15.2. The van der Waals surface area contributed by atoms with Gasteiger partial charge in [0, 0.05) is 17.4 Å². The average molecular weight is 660 g/mol. The number of para-hydroxylation sites is 1. The number of hydrogen-bond donors (Lipinski definition) is 0. The number of halogens is 2. The molecule has 0 amide bonds. The third kappa shape index (κ3) is 6.47. The number of rotatable bonds is 11. The number of aryl methyl sites for hydroxylation is 1. The van der Waals surface area contributed by atoms with Gasteiger partial charge in [0.2, 0.25) is 0 Å². The van der Waals surface area contributed by atoms with Crippen LogP contribution >= 0.6 is 45.2 Å². The fourth-order valence-electron chi connectivity index (χ4n) is 3.69. The molecule has 6 heteroatoms. The van der Waals surface area contributed by atoms with Gasteiger partial charge in [0.25, 0.3) is 0 Å². The molecule has 1 aromatic heterocycles. The second-order valence-corrected chi connectivity index (χ2v) is 11.5. The van der Waals surface area contributed by atoms with Gasteiger partial charge in [-0.15, -0.1) is 0 Å². The number of benzene rings is 2. The minimum Gasteiger partial charge on any atom is -0.491 e. The number of fused-ring (bicyclic) bond motifs is 1. The summed E-state index contributed by atoms with van der Waals surface area (Å²) in [5, 5.41) is 0.895. The first-order valence-corrected chi connectivity index (χ1v) is 13.3. The molecule has 0 fully saturated rings. The Morgan fingerprint density at radius 2 is 1.72 bits per heavy atom. The van der Waals surface area contributed by atoms with Gasteiger partial charge < -0.3 is 13.6 Å². The number of quaternary nitrogens is 1. The minimum absolute atomic E-state index is 0.0198. The second kappa shape index (κ2) is 11.3. The highest BCUT2D eigenvalue weighted by Crippen LogP contribution is 2.33. The molecule has 172 valence electrons. The third-order valence-electron chi connectivity index (χ3n) is 5.38. The van der Waals surface area contributed by atoms with E-state index in [0.717, 1.165) is 72.8 Å². The Morgan fingerprint density at radius 1 is 1.03 bits per heavy atom. The number of furan rings is 1. The molecule has 3 aromatic rings. The molecule has 32 heavy (non-hydrogen) atoms. The van der Waals surface area contributed by atoms with Crippen LogP contribution in [0.4, 0.5) is 0 Å². The minimum atomic E-state index is 0.0198. The van der Waals surface area contributed by atoms with Crippen LogP contribution in [-0.2, 0) is 6.42 Å². The van der Waals surface area contributed by atoms with Crippen molar-refractivity contribution >= 4 is 61.9 Å². The van der Waals surface area contributed by atoms with E-state index in [1.165, 1.54) is 0 Å². The normalized spacial score (nSPS) is 11.8. The van der Waals surface area contributed by atoms with E-state index in [4.69, 9.17) is 9.15 Å². The van der Waals surface area contributed by atoms with Gasteiger partial charge >= 0.3 is 0 Å². The summed E-state index contributed by atoms with van der Waals surface area (Å²) in [4.78, 5) is 13.6. The van der Waals surface area contributed by atoms with Crippen molar-refractivity contribution in [2.24, 2.45) is 0 Å². The summed E-state index contributed by atoms with van der Waals surface area (Å²) in [6.07, 6.45) is 4.97. The van der Waals surface area contributed by atoms with E-state index in [-0.39, 0.29) is 5.78 Å². The topological polar surface area (TPSA) is 39.4 Å². The van der Waals surface area contributed by atoms with Crippen molar-refractivity contribution in [2.45, 2.75) is 39.0 Å². The first-order valence-electron chi connectivity index (χ1n) is 11.2. The number of carbonyl (C=O) groups excluding carboxylic acids is 1. The molecule has 0 saturated heterocycles. The lowest BCUT2D eigenvalue weighted by Crippen LogP contribution is -2.35. The first kappa shape index (κ1) is 25.5. The molecule has 0 aliphatic carbocycles. The molecule has 0 spiro atoms. The van der Waals surface area contributed by atoms with Gasteiger partial charge in [0.15, 0.2) is 5.78 Å². The van der Waals surface area contributed by atoms with E-state index in [2.05, 4.69) is 73.2 Å². The van der Waals surface area contributed by atoms with Crippen LogP contribution in [0.25, 0.3) is 11.0 Å². The Bertz CT molecular complexity index is 1060. The van der Waals surface area contributed by atoms with Crippen molar-refractivity contribution in [3.63, 3.8) is 0 Å². The van der Waals surface area contributed by atoms with E-state index < -0.39 is 0 Å². The molecule has 0 aliphatic rings. The van der Waals surface area contributed by atoms with Crippen molar-refractivity contribution in [1.82, 2.24) is 0 Å². The van der Waals surface area contributed by atoms with Crippen molar-refractivity contribution in [3.8, 4) is 5.75 Å². The quantitative estimate of drug-likeness (QED) is 0.0956. The fourth-order valence-corrected chi connectivity index (χ4v) is 5.77. The molecule has 0 radical (unpaired) electrons. The Hall–Kier alpha value is -1.13. The maximum Gasteiger partial charge on any atom is 0.197 e. The molecule has 4 nitrogen and oxygen atoms in total. The molecule has 3 rings (SSSR count). The predicted molar refractivity (Wildman–Crippen MR) is 148 cm³/mol. The van der Waals surface area contributed by atoms with Gasteiger partial charge in [0.1, 0.15) is 17.1 Å². The number of carbonyl (C=O) groups is 1. The van der Waals surface area contributed by atoms with E-state index in [0.29, 0.717) is 17.7 Å². The number of ether oxygens (including phenoxy) is 1. The predicted octanol–water partition coefficient (Wildman–Crippen LogP) is 7.08. The summed E-state index contributed by atoms with van der Waals surface area (Å²) in [7, 11) is 6.62. The molecule has 0 bridgehead atoms. The van der Waals surface area contributed by atoms with Gasteiger partial charge in [-0.3, -0.25) is 4.79 Å². The summed E-state index contributed by atoms with van der Waals surface area (Å²) in [5.74, 6) is 1.68. The molecule has 0 aliphatic heterocycles. The van der Waals surface area contributed by atoms with Gasteiger partial charge in [-0.1, -0.05) is 31.5 Å². The van der Waals surface area contributed by atoms with Crippen LogP contribution in [0, 0.1) is 7.14 Å². The van der Waals surface area contributed by atoms with Crippen molar-refractivity contribution < 1.29 is 18.4 Å². The fraction of sp³-hybridized carbons (Fsp3) is 0.423. The monoisotopic (exact) mass is 660 g/mol. The van der Waals surface area contributed by atoms with E-state index in [1.54, 1.807) is 0 Å². The van der Waals surface area contributed by atoms with Crippen LogP contribution < -0.4 is 4.74 Å². The van der Waals surface area contributed by atoms with Crippen LogP contribution in [0.2, 0.25) is 0 Å². The number of ketones is 1. The molecule has 0 N–H and O–H groups in total. The Balaban J connectivity index is 1.81. The van der Waals surface area contributed by atoms with E-state index in [1.807, 2.05) is 36.4 Å². The zero-order chi connectivity index (χ0) is 23.3. The summed E-state index contributed by atoms with van der Waals surface area (Å²) >= 11 is 4.56. The molecular formula is C26H32I2NO3+. The summed E-state index contributed by atoms with van der Waals surface area (Å²) < 4.78 is 15.1. The second-order valence-electron chi connectivity index (χ2n) is 9.17. The largest absolute Gasteiger partial charge is 0.491 e. The summed E-state index contributed by atoms with van der Waals surface area (Å²) in [6, 6.07) is 11.7. The SMILES string of the molecule is CCCCc1oc2ccccc2c1C(=O)c1cc(I)c(OCCCC[N+](C)(C)C)c(I)c1. The van der Waals surface area contributed by atoms with Crippen LogP contribution in [0.3, 0.4) is 0 Å². The molecule has 0 unspecified atom stereocenters. The molecule has 0 atom stereocenters. The number of hydrogen-bond acceptors (Lipinski definition) is 3. The Kier molecular flexibility index (Phi) is 9.03. The number of unbranched alkanes of at least 4 members (excludes halogenated alkanes) is 2. The zero-order valence-electron chi connectivity index (χ0n) is 19.3. The lowest BCUT2D eigenvalue weighted by molar-refractivity contribution is -0.870. The summed E-state index contributed by atoms with van der Waals surface area (Å²) in [5.41, 5.74) is 2.16. The third-order valence-corrected chi connectivity index (χ3v) is 6.99. The molecular weight excluding hydrogens is 628 g/mol. The smallest absolute Gasteiger partial charge is 0.197 e. The van der Waals surface area contributed by atoms with E-state index in [9.17, 15) is 4.79 Å². The van der Waals surface area contributed by atoms with Gasteiger partial charge in [0.05, 0.1) is 47.0 Å². The summed E-state index contributed by atoms with van der Waals surface area (Å²) in [6.45, 7) is 3.96.